The summed E-state index contributed by atoms with van der Waals surface area (Å²) >= 11 is 5.62. The van der Waals surface area contributed by atoms with Crippen LogP contribution in [0.1, 0.15) is 24.8 Å². The van der Waals surface area contributed by atoms with Crippen LogP contribution in [-0.2, 0) is 11.2 Å². The first-order valence-corrected chi connectivity index (χ1v) is 10.1. The number of hydrogen-bond acceptors (Lipinski definition) is 4. The van der Waals surface area contributed by atoms with E-state index in [1.165, 1.54) is 12.1 Å². The van der Waals surface area contributed by atoms with Crippen LogP contribution in [0.25, 0.3) is 0 Å². The summed E-state index contributed by atoms with van der Waals surface area (Å²) in [6, 6.07) is 4.85. The quantitative estimate of drug-likeness (QED) is 0.706. The van der Waals surface area contributed by atoms with Crippen LogP contribution in [0.3, 0.4) is 0 Å². The molecule has 160 valence electrons. The molecular weight excluding hydrogens is 419 g/mol. The molecule has 0 aliphatic carbocycles. The Hall–Kier alpha value is -2.45. The number of carbonyl (C=O) groups is 1. The normalized spacial score (nSPS) is 18.0. The molecular formula is C21H21ClF3N3O2. The van der Waals surface area contributed by atoms with Gasteiger partial charge in [-0.2, -0.15) is 0 Å². The minimum atomic E-state index is -0.672. The summed E-state index contributed by atoms with van der Waals surface area (Å²) < 4.78 is 47.9. The first-order valence-electron chi connectivity index (χ1n) is 9.68. The maximum atomic E-state index is 14.2. The van der Waals surface area contributed by atoms with E-state index in [1.807, 2.05) is 0 Å². The van der Waals surface area contributed by atoms with E-state index in [1.54, 1.807) is 4.90 Å². The van der Waals surface area contributed by atoms with Crippen molar-refractivity contribution in [1.82, 2.24) is 0 Å². The van der Waals surface area contributed by atoms with Crippen molar-refractivity contribution in [3.8, 4) is 5.75 Å². The van der Waals surface area contributed by atoms with Gasteiger partial charge in [-0.3, -0.25) is 4.79 Å². The zero-order chi connectivity index (χ0) is 21.5. The van der Waals surface area contributed by atoms with Gasteiger partial charge in [-0.1, -0.05) is 11.6 Å². The van der Waals surface area contributed by atoms with E-state index in [4.69, 9.17) is 22.1 Å². The van der Waals surface area contributed by atoms with Gasteiger partial charge in [0.25, 0.3) is 0 Å². The van der Waals surface area contributed by atoms with E-state index in [0.717, 1.165) is 12.1 Å². The number of nitrogens with two attached hydrogens (primary N) is 1. The van der Waals surface area contributed by atoms with Gasteiger partial charge in [-0.15, -0.1) is 0 Å². The van der Waals surface area contributed by atoms with Gasteiger partial charge < -0.3 is 20.7 Å². The molecule has 2 heterocycles. The highest BCUT2D eigenvalue weighted by atomic mass is 35.5. The molecule has 0 unspecified atom stereocenters. The number of fused-ring (bicyclic) bond motifs is 1. The Morgan fingerprint density at radius 1 is 1.10 bits per heavy atom. The molecule has 4 rings (SSSR count). The van der Waals surface area contributed by atoms with E-state index in [2.05, 4.69) is 5.32 Å². The number of nitrogens with zero attached hydrogens (tertiary/aromatic N) is 1. The molecule has 2 aromatic carbocycles. The van der Waals surface area contributed by atoms with Crippen LogP contribution in [0.5, 0.6) is 5.75 Å². The number of piperidine rings is 1. The van der Waals surface area contributed by atoms with Gasteiger partial charge in [0.2, 0.25) is 5.91 Å². The lowest BCUT2D eigenvalue weighted by atomic mass is 9.89. The standard InChI is InChI=1S/C21H21ClF3N3O2/c22-13-9-16(25)17(10-15(13)24)28-7-5-21(26,6-8-28)11-30-18-3-2-14(23)20-12(18)1-4-19(29)27-20/h2-3,9-10H,1,4-8,11,26H2,(H,27,29). The summed E-state index contributed by atoms with van der Waals surface area (Å²) in [6.07, 6.45) is 1.65. The minimum Gasteiger partial charge on any atom is -0.491 e. The number of nitrogens with one attached hydrogen (secondary N) is 1. The van der Waals surface area contributed by atoms with Crippen molar-refractivity contribution in [2.45, 2.75) is 31.2 Å². The number of amides is 1. The van der Waals surface area contributed by atoms with Crippen molar-refractivity contribution in [2.24, 2.45) is 5.73 Å². The summed E-state index contributed by atoms with van der Waals surface area (Å²) in [4.78, 5) is 13.3. The van der Waals surface area contributed by atoms with E-state index in [9.17, 15) is 18.0 Å². The third kappa shape index (κ3) is 4.06. The van der Waals surface area contributed by atoms with Gasteiger partial charge in [-0.05, 0) is 37.5 Å². The molecule has 0 atom stereocenters. The van der Waals surface area contributed by atoms with E-state index in [-0.39, 0.29) is 35.3 Å². The highest BCUT2D eigenvalue weighted by molar-refractivity contribution is 6.30. The van der Waals surface area contributed by atoms with Gasteiger partial charge >= 0.3 is 0 Å². The molecule has 2 aromatic rings. The smallest absolute Gasteiger partial charge is 0.224 e. The summed E-state index contributed by atoms with van der Waals surface area (Å²) in [7, 11) is 0. The fourth-order valence-corrected chi connectivity index (χ4v) is 4.02. The molecule has 2 aliphatic rings. The van der Waals surface area contributed by atoms with Gasteiger partial charge in [-0.25, -0.2) is 13.2 Å². The second-order valence-electron chi connectivity index (χ2n) is 7.80. The molecule has 0 aromatic heterocycles. The van der Waals surface area contributed by atoms with Gasteiger partial charge in [0.05, 0.1) is 21.9 Å². The zero-order valence-corrected chi connectivity index (χ0v) is 16.9. The first kappa shape index (κ1) is 20.8. The van der Waals surface area contributed by atoms with Crippen molar-refractivity contribution in [3.05, 3.63) is 52.3 Å². The Labute approximate surface area is 176 Å². The van der Waals surface area contributed by atoms with Gasteiger partial charge in [0.15, 0.2) is 0 Å². The maximum Gasteiger partial charge on any atom is 0.224 e. The Morgan fingerprint density at radius 3 is 2.57 bits per heavy atom. The summed E-state index contributed by atoms with van der Waals surface area (Å²) in [5.41, 5.74) is 6.75. The lowest BCUT2D eigenvalue weighted by Gasteiger charge is -2.40. The zero-order valence-electron chi connectivity index (χ0n) is 16.1. The second-order valence-corrected chi connectivity index (χ2v) is 8.21. The predicted octanol–water partition coefficient (Wildman–Crippen LogP) is 4.02. The number of carbonyl (C=O) groups excluding carboxylic acids is 1. The summed E-state index contributed by atoms with van der Waals surface area (Å²) in [6.45, 7) is 1.04. The maximum absolute atomic E-state index is 14.2. The molecule has 1 saturated heterocycles. The molecule has 0 spiro atoms. The SMILES string of the molecule is NC1(COc2ccc(F)c3c2CCC(=O)N3)CCN(c2cc(F)c(Cl)cc2F)CC1. The molecule has 0 bridgehead atoms. The van der Waals surface area contributed by atoms with Crippen LogP contribution >= 0.6 is 11.6 Å². The number of rotatable bonds is 4. The Balaban J connectivity index is 1.42. The number of ether oxygens (including phenoxy) is 1. The van der Waals surface area contributed by atoms with Gasteiger partial charge in [0.1, 0.15) is 29.8 Å². The van der Waals surface area contributed by atoms with Crippen molar-refractivity contribution in [2.75, 3.05) is 29.9 Å². The second kappa shape index (κ2) is 8.00. The van der Waals surface area contributed by atoms with Gasteiger partial charge in [0, 0.05) is 31.1 Å². The molecule has 3 N–H and O–H groups in total. The Kier molecular flexibility index (Phi) is 5.55. The van der Waals surface area contributed by atoms with E-state index < -0.39 is 23.0 Å². The third-order valence-electron chi connectivity index (χ3n) is 5.69. The van der Waals surface area contributed by atoms with Crippen LogP contribution in [0.15, 0.2) is 24.3 Å². The number of benzene rings is 2. The molecule has 5 nitrogen and oxygen atoms in total. The van der Waals surface area contributed by atoms with Crippen molar-refractivity contribution in [3.63, 3.8) is 0 Å². The molecule has 0 saturated carbocycles. The van der Waals surface area contributed by atoms with Crippen LogP contribution in [0, 0.1) is 17.5 Å². The summed E-state index contributed by atoms with van der Waals surface area (Å²) in [5, 5.41) is 2.29. The minimum absolute atomic E-state index is 0.156. The molecule has 1 amide bonds. The van der Waals surface area contributed by atoms with Crippen LogP contribution in [-0.4, -0.2) is 31.1 Å². The fourth-order valence-electron chi connectivity index (χ4n) is 3.87. The number of halogens is 4. The number of hydrogen-bond donors (Lipinski definition) is 2. The Bertz CT molecular complexity index is 994. The van der Waals surface area contributed by atoms with Crippen LogP contribution in [0.4, 0.5) is 24.5 Å². The molecule has 30 heavy (non-hydrogen) atoms. The topological polar surface area (TPSA) is 67.6 Å². The predicted molar refractivity (Wildman–Crippen MR) is 109 cm³/mol. The van der Waals surface area contributed by atoms with Crippen LogP contribution < -0.4 is 20.7 Å². The molecule has 0 radical (unpaired) electrons. The third-order valence-corrected chi connectivity index (χ3v) is 5.98. The first-order chi connectivity index (χ1) is 14.3. The average molecular weight is 440 g/mol. The Morgan fingerprint density at radius 2 is 1.83 bits per heavy atom. The lowest BCUT2D eigenvalue weighted by Crippen LogP contribution is -2.54. The molecule has 1 fully saturated rings. The van der Waals surface area contributed by atoms with Crippen molar-refractivity contribution in [1.29, 1.82) is 0 Å². The average Bonchev–Trinajstić information content (AvgIpc) is 2.71. The highest BCUT2D eigenvalue weighted by Crippen LogP contribution is 2.35. The summed E-state index contributed by atoms with van der Waals surface area (Å²) in [5.74, 6) is -1.49. The lowest BCUT2D eigenvalue weighted by molar-refractivity contribution is -0.116. The molecule has 9 heteroatoms. The van der Waals surface area contributed by atoms with E-state index in [0.29, 0.717) is 43.7 Å². The monoisotopic (exact) mass is 439 g/mol. The van der Waals surface area contributed by atoms with E-state index >= 15 is 0 Å². The fraction of sp³-hybridized carbons (Fsp3) is 0.381. The van der Waals surface area contributed by atoms with Crippen molar-refractivity contribution >= 4 is 28.9 Å². The van der Waals surface area contributed by atoms with Crippen LogP contribution in [0.2, 0.25) is 5.02 Å². The highest BCUT2D eigenvalue weighted by Gasteiger charge is 2.33. The largest absolute Gasteiger partial charge is 0.491 e. The molecule has 2 aliphatic heterocycles. The van der Waals surface area contributed by atoms with Crippen molar-refractivity contribution < 1.29 is 22.7 Å². The number of anilines is 2.